The van der Waals surface area contributed by atoms with Gasteiger partial charge in [0.05, 0.1) is 12.3 Å². The van der Waals surface area contributed by atoms with Crippen molar-refractivity contribution >= 4 is 0 Å². The van der Waals surface area contributed by atoms with Crippen LogP contribution in [0.3, 0.4) is 0 Å². The Balaban J connectivity index is 1.71. The van der Waals surface area contributed by atoms with E-state index in [-0.39, 0.29) is 0 Å². The highest BCUT2D eigenvalue weighted by Gasteiger charge is 2.16. The predicted molar refractivity (Wildman–Crippen MR) is 74.6 cm³/mol. The normalized spacial score (nSPS) is 23.8. The molecule has 2 rings (SSSR count). The van der Waals surface area contributed by atoms with Crippen LogP contribution in [0.4, 0.5) is 0 Å². The lowest BCUT2D eigenvalue weighted by Gasteiger charge is -2.27. The average molecular weight is 250 g/mol. The maximum Gasteiger partial charge on any atom is 0.120 e. The molecule has 2 atom stereocenters. The second kappa shape index (κ2) is 6.95. The molecule has 102 valence electrons. The van der Waals surface area contributed by atoms with Crippen molar-refractivity contribution in [2.75, 3.05) is 19.6 Å². The number of likely N-dealkylation sites (tertiary alicyclic amines) is 1. The molecule has 0 aromatic carbocycles. The average Bonchev–Trinajstić information content (AvgIpc) is 2.82. The number of hydrogen-bond acceptors (Lipinski definition) is 3. The van der Waals surface area contributed by atoms with Gasteiger partial charge in [-0.25, -0.2) is 0 Å². The third-order valence-electron chi connectivity index (χ3n) is 4.01. The second-order valence-electron chi connectivity index (χ2n) is 5.43. The number of nitrogens with one attached hydrogen (secondary N) is 1. The Hall–Kier alpha value is -0.800. The summed E-state index contributed by atoms with van der Waals surface area (Å²) in [5.74, 6) is 1.03. The molecule has 1 aliphatic rings. The van der Waals surface area contributed by atoms with E-state index in [0.717, 1.165) is 24.9 Å². The number of rotatable bonds is 5. The van der Waals surface area contributed by atoms with E-state index in [1.54, 1.807) is 6.26 Å². The molecule has 18 heavy (non-hydrogen) atoms. The van der Waals surface area contributed by atoms with Crippen molar-refractivity contribution in [3.63, 3.8) is 0 Å². The zero-order valence-corrected chi connectivity index (χ0v) is 11.7. The molecular weight excluding hydrogens is 224 g/mol. The molecule has 1 N–H and O–H groups in total. The summed E-state index contributed by atoms with van der Waals surface area (Å²) in [5, 5.41) is 3.54. The second-order valence-corrected chi connectivity index (χ2v) is 5.43. The van der Waals surface area contributed by atoms with Crippen LogP contribution >= 0.6 is 0 Å². The molecule has 0 amide bonds. The van der Waals surface area contributed by atoms with Crippen molar-refractivity contribution in [3.8, 4) is 0 Å². The fourth-order valence-electron chi connectivity index (χ4n) is 2.73. The van der Waals surface area contributed by atoms with E-state index in [1.165, 1.54) is 32.2 Å². The van der Waals surface area contributed by atoms with Gasteiger partial charge in [-0.15, -0.1) is 0 Å². The third kappa shape index (κ3) is 3.85. The van der Waals surface area contributed by atoms with Gasteiger partial charge in [-0.1, -0.05) is 12.8 Å². The molecule has 1 fully saturated rings. The van der Waals surface area contributed by atoms with E-state index in [9.17, 15) is 0 Å². The van der Waals surface area contributed by atoms with Crippen molar-refractivity contribution in [2.45, 2.75) is 51.6 Å². The molecule has 0 aliphatic carbocycles. The largest absolute Gasteiger partial charge is 0.468 e. The van der Waals surface area contributed by atoms with Gasteiger partial charge in [0.15, 0.2) is 0 Å². The molecule has 0 radical (unpaired) electrons. The summed E-state index contributed by atoms with van der Waals surface area (Å²) in [4.78, 5) is 2.62. The van der Waals surface area contributed by atoms with Crippen molar-refractivity contribution in [2.24, 2.45) is 0 Å². The zero-order chi connectivity index (χ0) is 12.8. The Morgan fingerprint density at radius 1 is 1.44 bits per heavy atom. The van der Waals surface area contributed by atoms with Crippen LogP contribution in [0.15, 0.2) is 22.8 Å². The fraction of sp³-hybridized carbons (Fsp3) is 0.733. The van der Waals surface area contributed by atoms with Crippen molar-refractivity contribution in [1.29, 1.82) is 0 Å². The molecule has 0 bridgehead atoms. The van der Waals surface area contributed by atoms with Gasteiger partial charge in [0.1, 0.15) is 5.76 Å². The molecule has 1 aromatic rings. The molecule has 2 unspecified atom stereocenters. The first-order valence-electron chi connectivity index (χ1n) is 7.28. The topological polar surface area (TPSA) is 28.4 Å². The van der Waals surface area contributed by atoms with E-state index >= 15 is 0 Å². The number of nitrogens with zero attached hydrogens (tertiary/aromatic N) is 1. The van der Waals surface area contributed by atoms with Gasteiger partial charge in [-0.05, 0) is 45.4 Å². The molecule has 1 aliphatic heterocycles. The third-order valence-corrected chi connectivity index (χ3v) is 4.01. The maximum atomic E-state index is 5.40. The lowest BCUT2D eigenvalue weighted by molar-refractivity contribution is 0.211. The molecular formula is C15H26N2O. The minimum atomic E-state index is 0.308. The van der Waals surface area contributed by atoms with Crippen LogP contribution in [-0.2, 0) is 0 Å². The smallest absolute Gasteiger partial charge is 0.120 e. The van der Waals surface area contributed by atoms with Gasteiger partial charge in [-0.3, -0.25) is 4.90 Å². The van der Waals surface area contributed by atoms with E-state index in [1.807, 2.05) is 12.1 Å². The Morgan fingerprint density at radius 2 is 2.33 bits per heavy atom. The monoisotopic (exact) mass is 250 g/mol. The molecule has 0 saturated carbocycles. The van der Waals surface area contributed by atoms with E-state index < -0.39 is 0 Å². The highest BCUT2D eigenvalue weighted by atomic mass is 16.3. The summed E-state index contributed by atoms with van der Waals surface area (Å²) in [6.45, 7) is 7.96. The summed E-state index contributed by atoms with van der Waals surface area (Å²) >= 11 is 0. The Bertz CT molecular complexity index is 323. The number of furan rings is 1. The van der Waals surface area contributed by atoms with Crippen LogP contribution < -0.4 is 5.32 Å². The summed E-state index contributed by atoms with van der Waals surface area (Å²) in [6, 6.07) is 5.03. The summed E-state index contributed by atoms with van der Waals surface area (Å²) in [5.41, 5.74) is 0. The van der Waals surface area contributed by atoms with Crippen LogP contribution in [0.25, 0.3) is 0 Å². The lowest BCUT2D eigenvalue weighted by atomic mass is 10.1. The van der Waals surface area contributed by atoms with Crippen molar-refractivity contribution < 1.29 is 4.42 Å². The zero-order valence-electron chi connectivity index (χ0n) is 11.7. The maximum absolute atomic E-state index is 5.40. The Morgan fingerprint density at radius 3 is 3.11 bits per heavy atom. The SMILES string of the molecule is CC(NCCN1CCCCCC1C)c1ccco1. The van der Waals surface area contributed by atoms with Crippen LogP contribution in [0, 0.1) is 0 Å². The highest BCUT2D eigenvalue weighted by Crippen LogP contribution is 2.16. The molecule has 1 aromatic heterocycles. The molecule has 3 heteroatoms. The van der Waals surface area contributed by atoms with Crippen LogP contribution in [0.5, 0.6) is 0 Å². The summed E-state index contributed by atoms with van der Waals surface area (Å²) < 4.78 is 5.40. The van der Waals surface area contributed by atoms with Crippen molar-refractivity contribution in [3.05, 3.63) is 24.2 Å². The number of hydrogen-bond donors (Lipinski definition) is 1. The van der Waals surface area contributed by atoms with Crippen molar-refractivity contribution in [1.82, 2.24) is 10.2 Å². The first kappa shape index (κ1) is 13.6. The van der Waals surface area contributed by atoms with Gasteiger partial charge in [0, 0.05) is 19.1 Å². The predicted octanol–water partition coefficient (Wildman–Crippen LogP) is 3.19. The van der Waals surface area contributed by atoms with Gasteiger partial charge in [-0.2, -0.15) is 0 Å². The Kier molecular flexibility index (Phi) is 5.26. The van der Waals surface area contributed by atoms with Gasteiger partial charge < -0.3 is 9.73 Å². The van der Waals surface area contributed by atoms with Gasteiger partial charge >= 0.3 is 0 Å². The quantitative estimate of drug-likeness (QED) is 0.870. The van der Waals surface area contributed by atoms with Gasteiger partial charge in [0.25, 0.3) is 0 Å². The first-order chi connectivity index (χ1) is 8.77. The fourth-order valence-corrected chi connectivity index (χ4v) is 2.73. The minimum absolute atomic E-state index is 0.308. The van der Waals surface area contributed by atoms with E-state index in [4.69, 9.17) is 4.42 Å². The Labute approximate surface area is 111 Å². The molecule has 1 saturated heterocycles. The van der Waals surface area contributed by atoms with Crippen LogP contribution in [0.2, 0.25) is 0 Å². The standard InChI is InChI=1S/C15H26N2O/c1-13-7-4-3-5-10-17(13)11-9-16-14(2)15-8-6-12-18-15/h6,8,12-14,16H,3-5,7,9-11H2,1-2H3. The highest BCUT2D eigenvalue weighted by molar-refractivity contribution is 5.02. The van der Waals surface area contributed by atoms with E-state index in [2.05, 4.69) is 24.1 Å². The van der Waals surface area contributed by atoms with Crippen LogP contribution in [-0.4, -0.2) is 30.6 Å². The van der Waals surface area contributed by atoms with E-state index in [0.29, 0.717) is 6.04 Å². The summed E-state index contributed by atoms with van der Waals surface area (Å²) in [6.07, 6.45) is 7.25. The van der Waals surface area contributed by atoms with Crippen LogP contribution in [0.1, 0.15) is 51.3 Å². The molecule has 3 nitrogen and oxygen atoms in total. The summed E-state index contributed by atoms with van der Waals surface area (Å²) in [7, 11) is 0. The van der Waals surface area contributed by atoms with Gasteiger partial charge in [0.2, 0.25) is 0 Å². The molecule has 0 spiro atoms. The molecule has 2 heterocycles. The first-order valence-corrected chi connectivity index (χ1v) is 7.28. The minimum Gasteiger partial charge on any atom is -0.468 e. The lowest BCUT2D eigenvalue weighted by Crippen LogP contribution is -2.38.